The lowest BCUT2D eigenvalue weighted by Gasteiger charge is -2.03. The summed E-state index contributed by atoms with van der Waals surface area (Å²) in [6, 6.07) is 6.73. The van der Waals surface area contributed by atoms with Gasteiger partial charge in [0, 0.05) is 6.26 Å². The number of epoxide rings is 1. The molecule has 4 nitrogen and oxygen atoms in total. The van der Waals surface area contributed by atoms with Gasteiger partial charge >= 0.3 is 0 Å². The third-order valence-electron chi connectivity index (χ3n) is 2.33. The Morgan fingerprint density at radius 3 is 2.50 bits per heavy atom. The van der Waals surface area contributed by atoms with Crippen molar-refractivity contribution in [3.05, 3.63) is 29.8 Å². The molecule has 1 aliphatic rings. The molecule has 0 bridgehead atoms. The smallest absolute Gasteiger partial charge is 0.175 e. The van der Waals surface area contributed by atoms with E-state index >= 15 is 0 Å². The van der Waals surface area contributed by atoms with Crippen LogP contribution in [0.3, 0.4) is 0 Å². The normalized spacial score (nSPS) is 19.7. The topological polar surface area (TPSA) is 55.9 Å². The first-order valence-electron chi connectivity index (χ1n) is 5.04. The van der Waals surface area contributed by atoms with Gasteiger partial charge in [-0.3, -0.25) is 0 Å². The van der Waals surface area contributed by atoms with Gasteiger partial charge in [0.05, 0.1) is 24.7 Å². The molecular weight excluding hydrogens is 228 g/mol. The van der Waals surface area contributed by atoms with Gasteiger partial charge in [-0.25, -0.2) is 8.42 Å². The van der Waals surface area contributed by atoms with Crippen molar-refractivity contribution in [1.29, 1.82) is 0 Å². The summed E-state index contributed by atoms with van der Waals surface area (Å²) < 4.78 is 32.8. The van der Waals surface area contributed by atoms with Crippen molar-refractivity contribution in [3.63, 3.8) is 0 Å². The zero-order valence-corrected chi connectivity index (χ0v) is 9.87. The monoisotopic (exact) mass is 242 g/mol. The minimum absolute atomic E-state index is 0.260. The molecule has 1 heterocycles. The summed E-state index contributed by atoms with van der Waals surface area (Å²) in [5.41, 5.74) is 0.966. The van der Waals surface area contributed by atoms with Gasteiger partial charge in [-0.05, 0) is 17.7 Å². The van der Waals surface area contributed by atoms with Crippen molar-refractivity contribution in [2.45, 2.75) is 17.6 Å². The molecule has 1 aromatic carbocycles. The Morgan fingerprint density at radius 2 is 2.00 bits per heavy atom. The minimum Gasteiger partial charge on any atom is -0.374 e. The molecule has 0 radical (unpaired) electrons. The summed E-state index contributed by atoms with van der Waals surface area (Å²) >= 11 is 0. The SMILES string of the molecule is CS(=O)(=O)c1ccc(COCC2CO2)cc1. The molecule has 5 heteroatoms. The number of ether oxygens (including phenoxy) is 2. The highest BCUT2D eigenvalue weighted by molar-refractivity contribution is 7.90. The highest BCUT2D eigenvalue weighted by Gasteiger charge is 2.22. The Labute approximate surface area is 95.1 Å². The number of sulfone groups is 1. The van der Waals surface area contributed by atoms with Crippen molar-refractivity contribution < 1.29 is 17.9 Å². The van der Waals surface area contributed by atoms with Gasteiger partial charge in [-0.1, -0.05) is 12.1 Å². The van der Waals surface area contributed by atoms with Crippen LogP contribution in [0, 0.1) is 0 Å². The number of hydrogen-bond donors (Lipinski definition) is 0. The van der Waals surface area contributed by atoms with E-state index in [1.165, 1.54) is 6.26 Å². The van der Waals surface area contributed by atoms with E-state index in [0.29, 0.717) is 18.1 Å². The number of benzene rings is 1. The molecule has 0 saturated carbocycles. The summed E-state index contributed by atoms with van der Waals surface area (Å²) in [4.78, 5) is 0.335. The summed E-state index contributed by atoms with van der Waals surface area (Å²) in [7, 11) is -3.10. The Kier molecular flexibility index (Phi) is 3.28. The van der Waals surface area contributed by atoms with E-state index in [9.17, 15) is 8.42 Å². The van der Waals surface area contributed by atoms with E-state index in [4.69, 9.17) is 9.47 Å². The molecule has 1 aliphatic heterocycles. The molecule has 0 aromatic heterocycles. The Hall–Kier alpha value is -0.910. The maximum Gasteiger partial charge on any atom is 0.175 e. The van der Waals surface area contributed by atoms with Crippen molar-refractivity contribution in [2.24, 2.45) is 0 Å². The lowest BCUT2D eigenvalue weighted by molar-refractivity contribution is 0.104. The highest BCUT2D eigenvalue weighted by atomic mass is 32.2. The molecule has 1 saturated heterocycles. The standard InChI is InChI=1S/C11H14O4S/c1-16(12,13)11-4-2-9(3-5-11)6-14-7-10-8-15-10/h2-5,10H,6-8H2,1H3. The van der Waals surface area contributed by atoms with Crippen LogP contribution >= 0.6 is 0 Å². The van der Waals surface area contributed by atoms with Crippen molar-refractivity contribution in [3.8, 4) is 0 Å². The largest absolute Gasteiger partial charge is 0.374 e. The molecule has 2 rings (SSSR count). The van der Waals surface area contributed by atoms with E-state index < -0.39 is 9.84 Å². The van der Waals surface area contributed by atoms with Gasteiger partial charge in [-0.2, -0.15) is 0 Å². The average molecular weight is 242 g/mol. The van der Waals surface area contributed by atoms with Crippen LogP contribution in [-0.4, -0.2) is 34.0 Å². The molecule has 1 unspecified atom stereocenters. The van der Waals surface area contributed by atoms with Crippen LogP contribution in [0.4, 0.5) is 0 Å². The summed E-state index contributed by atoms with van der Waals surface area (Å²) in [6.07, 6.45) is 1.46. The number of rotatable bonds is 5. The average Bonchev–Trinajstić information content (AvgIpc) is 3.01. The first-order chi connectivity index (χ1) is 7.55. The second-order valence-electron chi connectivity index (χ2n) is 3.89. The van der Waals surface area contributed by atoms with Crippen LogP contribution in [0.1, 0.15) is 5.56 Å². The van der Waals surface area contributed by atoms with Crippen molar-refractivity contribution >= 4 is 9.84 Å². The molecule has 1 aromatic rings. The second-order valence-corrected chi connectivity index (χ2v) is 5.90. The Balaban J connectivity index is 1.90. The van der Waals surface area contributed by atoms with Crippen LogP contribution in [0.5, 0.6) is 0 Å². The Morgan fingerprint density at radius 1 is 1.38 bits per heavy atom. The quantitative estimate of drug-likeness (QED) is 0.723. The minimum atomic E-state index is -3.10. The van der Waals surface area contributed by atoms with E-state index in [1.54, 1.807) is 24.3 Å². The molecule has 0 aliphatic carbocycles. The van der Waals surface area contributed by atoms with Crippen LogP contribution < -0.4 is 0 Å². The second kappa shape index (κ2) is 4.53. The molecule has 0 spiro atoms. The van der Waals surface area contributed by atoms with Crippen molar-refractivity contribution in [1.82, 2.24) is 0 Å². The van der Waals surface area contributed by atoms with Crippen LogP contribution in [0.15, 0.2) is 29.2 Å². The lowest BCUT2D eigenvalue weighted by Crippen LogP contribution is -2.02. The van der Waals surface area contributed by atoms with Gasteiger partial charge in [0.1, 0.15) is 6.10 Å². The fourth-order valence-corrected chi connectivity index (χ4v) is 1.94. The van der Waals surface area contributed by atoms with Crippen LogP contribution in [0.25, 0.3) is 0 Å². The summed E-state index contributed by atoms with van der Waals surface area (Å²) in [6.45, 7) is 1.88. The summed E-state index contributed by atoms with van der Waals surface area (Å²) in [5.74, 6) is 0. The fraction of sp³-hybridized carbons (Fsp3) is 0.455. The number of hydrogen-bond acceptors (Lipinski definition) is 4. The maximum absolute atomic E-state index is 11.2. The van der Waals surface area contributed by atoms with E-state index in [-0.39, 0.29) is 6.10 Å². The van der Waals surface area contributed by atoms with Gasteiger partial charge < -0.3 is 9.47 Å². The van der Waals surface area contributed by atoms with E-state index in [0.717, 1.165) is 12.2 Å². The molecule has 1 fully saturated rings. The molecular formula is C11H14O4S. The van der Waals surface area contributed by atoms with Crippen molar-refractivity contribution in [2.75, 3.05) is 19.5 Å². The summed E-state index contributed by atoms with van der Waals surface area (Å²) in [5, 5.41) is 0. The molecule has 0 N–H and O–H groups in total. The fourth-order valence-electron chi connectivity index (χ4n) is 1.31. The molecule has 88 valence electrons. The van der Waals surface area contributed by atoms with Gasteiger partial charge in [0.15, 0.2) is 9.84 Å². The highest BCUT2D eigenvalue weighted by Crippen LogP contribution is 2.13. The van der Waals surface area contributed by atoms with E-state index in [2.05, 4.69) is 0 Å². The van der Waals surface area contributed by atoms with Gasteiger partial charge in [0.2, 0.25) is 0 Å². The third-order valence-corrected chi connectivity index (χ3v) is 3.45. The van der Waals surface area contributed by atoms with Gasteiger partial charge in [0.25, 0.3) is 0 Å². The Bertz CT molecular complexity index is 445. The van der Waals surface area contributed by atoms with Gasteiger partial charge in [-0.15, -0.1) is 0 Å². The lowest BCUT2D eigenvalue weighted by atomic mass is 10.2. The first kappa shape index (κ1) is 11.6. The first-order valence-corrected chi connectivity index (χ1v) is 6.93. The van der Waals surface area contributed by atoms with Crippen LogP contribution in [0.2, 0.25) is 0 Å². The predicted molar refractivity (Wildman–Crippen MR) is 58.9 cm³/mol. The van der Waals surface area contributed by atoms with E-state index in [1.807, 2.05) is 0 Å². The maximum atomic E-state index is 11.2. The zero-order chi connectivity index (χ0) is 11.6. The predicted octanol–water partition coefficient (Wildman–Crippen LogP) is 1.01. The third kappa shape index (κ3) is 3.30. The molecule has 0 amide bonds. The molecule has 1 atom stereocenters. The zero-order valence-electron chi connectivity index (χ0n) is 9.05. The molecule has 16 heavy (non-hydrogen) atoms. The van der Waals surface area contributed by atoms with Crippen LogP contribution in [-0.2, 0) is 25.9 Å².